The molecular formula is C44H26F8N2O2S. The molecule has 1 heterocycles. The first kappa shape index (κ1) is 37.6. The van der Waals surface area contributed by atoms with Crippen LogP contribution in [0.25, 0.3) is 57.6 Å². The Morgan fingerprint density at radius 1 is 0.491 bits per heavy atom. The monoisotopic (exact) mass is 798 g/mol. The van der Waals surface area contributed by atoms with E-state index in [0.717, 1.165) is 6.08 Å². The number of methoxy groups -OCH3 is 2. The van der Waals surface area contributed by atoms with Gasteiger partial charge in [-0.15, -0.1) is 0 Å². The Labute approximate surface area is 324 Å². The van der Waals surface area contributed by atoms with Gasteiger partial charge in [0.2, 0.25) is 0 Å². The van der Waals surface area contributed by atoms with Gasteiger partial charge >= 0.3 is 0 Å². The van der Waals surface area contributed by atoms with Gasteiger partial charge in [0, 0.05) is 46.2 Å². The fraction of sp³-hybridized carbons (Fsp3) is 0.0909. The van der Waals surface area contributed by atoms with Gasteiger partial charge in [-0.05, 0) is 40.5 Å². The second-order valence-corrected chi connectivity index (χ2v) is 13.7. The smallest absolute Gasteiger partial charge is 0.170 e. The molecule has 286 valence electrons. The molecule has 0 spiro atoms. The van der Waals surface area contributed by atoms with E-state index >= 15 is 35.1 Å². The van der Waals surface area contributed by atoms with Crippen molar-refractivity contribution in [3.05, 3.63) is 164 Å². The summed E-state index contributed by atoms with van der Waals surface area (Å²) in [4.78, 5) is 0. The number of hydrogen-bond donors (Lipinski definition) is 0. The molecule has 0 aliphatic heterocycles. The van der Waals surface area contributed by atoms with Gasteiger partial charge in [0.1, 0.15) is 22.5 Å². The van der Waals surface area contributed by atoms with Gasteiger partial charge in [0.25, 0.3) is 0 Å². The average molecular weight is 799 g/mol. The van der Waals surface area contributed by atoms with Crippen molar-refractivity contribution in [1.29, 1.82) is 0 Å². The first-order chi connectivity index (χ1) is 27.5. The van der Waals surface area contributed by atoms with Gasteiger partial charge in [-0.1, -0.05) is 78.9 Å². The third-order valence-corrected chi connectivity index (χ3v) is 10.4. The number of aromatic nitrogens is 2. The van der Waals surface area contributed by atoms with Crippen LogP contribution in [0.2, 0.25) is 0 Å². The molecule has 0 fully saturated rings. The number of halogens is 8. The van der Waals surface area contributed by atoms with Crippen LogP contribution in [0.3, 0.4) is 0 Å². The van der Waals surface area contributed by atoms with Crippen molar-refractivity contribution in [3.8, 4) is 33.8 Å². The predicted octanol–water partition coefficient (Wildman–Crippen LogP) is 12.0. The van der Waals surface area contributed by atoms with Crippen molar-refractivity contribution in [2.45, 2.75) is 12.8 Å². The van der Waals surface area contributed by atoms with E-state index in [4.69, 9.17) is 9.47 Å². The molecule has 14 aliphatic rings. The lowest BCUT2D eigenvalue weighted by molar-refractivity contribution is 0.401. The van der Waals surface area contributed by atoms with Crippen LogP contribution in [0.4, 0.5) is 35.1 Å². The number of nitrogens with zero attached hydrogens (tertiary/aromatic N) is 2. The molecule has 0 N–H and O–H groups in total. The highest BCUT2D eigenvalue weighted by atomic mass is 32.1. The van der Waals surface area contributed by atoms with Crippen LogP contribution >= 0.6 is 11.7 Å². The summed E-state index contributed by atoms with van der Waals surface area (Å²) < 4.78 is 144. The van der Waals surface area contributed by atoms with E-state index in [2.05, 4.69) is 8.75 Å². The second kappa shape index (κ2) is 15.0. The Kier molecular flexibility index (Phi) is 9.86. The molecule has 0 radical (unpaired) electrons. The minimum absolute atomic E-state index is 0.0229. The van der Waals surface area contributed by atoms with E-state index < -0.39 is 81.6 Å². The summed E-state index contributed by atoms with van der Waals surface area (Å²) in [5.41, 5.74) is -0.588. The summed E-state index contributed by atoms with van der Waals surface area (Å²) in [6, 6.07) is 18.2. The van der Waals surface area contributed by atoms with Gasteiger partial charge in [-0.3, -0.25) is 0 Å². The third-order valence-electron chi connectivity index (χ3n) is 9.90. The van der Waals surface area contributed by atoms with E-state index in [0.29, 0.717) is 50.9 Å². The Morgan fingerprint density at radius 2 is 0.947 bits per heavy atom. The molecule has 1 aromatic heterocycles. The van der Waals surface area contributed by atoms with Gasteiger partial charge < -0.3 is 9.47 Å². The molecule has 14 aliphatic carbocycles. The van der Waals surface area contributed by atoms with Crippen LogP contribution in [0.5, 0.6) is 11.5 Å². The molecule has 57 heavy (non-hydrogen) atoms. The number of benzene rings is 6. The second-order valence-electron chi connectivity index (χ2n) is 13.2. The highest BCUT2D eigenvalue weighted by Crippen LogP contribution is 2.40. The van der Waals surface area contributed by atoms with Crippen molar-refractivity contribution < 1.29 is 44.6 Å². The zero-order valence-electron chi connectivity index (χ0n) is 29.8. The number of rotatable bonds is 2. The van der Waals surface area contributed by atoms with Crippen LogP contribution in [0.15, 0.2) is 72.8 Å². The summed E-state index contributed by atoms with van der Waals surface area (Å²) in [5, 5.41) is 0. The first-order valence-electron chi connectivity index (χ1n) is 17.2. The molecule has 0 atom stereocenters. The van der Waals surface area contributed by atoms with Crippen molar-refractivity contribution in [3.63, 3.8) is 0 Å². The summed E-state index contributed by atoms with van der Waals surface area (Å²) >= 11 is 0.710. The molecule has 0 unspecified atom stereocenters. The van der Waals surface area contributed by atoms with Crippen LogP contribution in [0, 0.1) is 46.5 Å². The molecule has 7 aromatic rings. The molecule has 0 amide bonds. The molecule has 4 nitrogen and oxygen atoms in total. The topological polar surface area (TPSA) is 44.2 Å². The summed E-state index contributed by atoms with van der Waals surface area (Å²) in [5.74, 6) is -12.1. The van der Waals surface area contributed by atoms with Crippen molar-refractivity contribution in [2.24, 2.45) is 0 Å². The van der Waals surface area contributed by atoms with Crippen molar-refractivity contribution >= 4 is 47.1 Å². The van der Waals surface area contributed by atoms with Crippen molar-refractivity contribution in [1.82, 2.24) is 8.75 Å². The Bertz CT molecular complexity index is 2740. The normalized spacial score (nSPS) is 12.5. The van der Waals surface area contributed by atoms with E-state index in [1.165, 1.54) is 50.6 Å². The summed E-state index contributed by atoms with van der Waals surface area (Å²) in [7, 11) is 2.76. The fourth-order valence-corrected chi connectivity index (χ4v) is 7.46. The van der Waals surface area contributed by atoms with Gasteiger partial charge in [0.15, 0.2) is 46.5 Å². The largest absolute Gasteiger partial charge is 0.496 e. The minimum Gasteiger partial charge on any atom is -0.496 e. The zero-order chi connectivity index (χ0) is 40.1. The molecule has 6 aromatic carbocycles. The Balaban J connectivity index is 1.29. The fourth-order valence-electron chi connectivity index (χ4n) is 6.89. The standard InChI is InChI=1S/C44H26F8N2O2S/c1-55-32-20-26-13-14-29-35(45)37(47)30(38(48)36(29)46)18-23-8-10-24(11-9-23)27-15-16-28(44-43(27)53-57-54-44)34-41(51)39(49)31(40(50)42(34)52)17-22-5-3-21(4-6-22)7-12-25(32)19-33(26)56-2/h3-16,19-20H,17-18H2,1-2H3. The first-order valence-corrected chi connectivity index (χ1v) is 18.0. The van der Waals surface area contributed by atoms with E-state index in [-0.39, 0.29) is 27.9 Å². The average Bonchev–Trinajstić information content (AvgIpc) is 3.73. The maximum Gasteiger partial charge on any atom is 0.170 e. The molecule has 0 saturated heterocycles. The van der Waals surface area contributed by atoms with Gasteiger partial charge in [-0.2, -0.15) is 8.75 Å². The molecule has 0 saturated carbocycles. The highest BCUT2D eigenvalue weighted by Gasteiger charge is 2.29. The summed E-state index contributed by atoms with van der Waals surface area (Å²) in [6.07, 6.45) is 4.55. The Morgan fingerprint density at radius 3 is 1.47 bits per heavy atom. The van der Waals surface area contributed by atoms with Crippen LogP contribution in [-0.2, 0) is 12.8 Å². The predicted molar refractivity (Wildman–Crippen MR) is 204 cm³/mol. The zero-order valence-corrected chi connectivity index (χ0v) is 30.6. The van der Waals surface area contributed by atoms with Crippen molar-refractivity contribution in [2.75, 3.05) is 14.2 Å². The molecule has 13 heteroatoms. The number of hydrogen-bond acceptors (Lipinski definition) is 5. The molecular weight excluding hydrogens is 773 g/mol. The Hall–Kier alpha value is -6.34. The number of ether oxygens (including phenoxy) is 2. The SMILES string of the molecule is COc1cc2c(OC)cc1C=Cc1ccc(cc1)Cc1c(F)c(F)c(c(F)c1F)-c1ccc(c3nsnc13)-c1ccc(cc1)Cc1c(F)c(F)c(c(F)c1F)C=C2. The maximum absolute atomic E-state index is 15.8. The third kappa shape index (κ3) is 6.61. The van der Waals surface area contributed by atoms with Gasteiger partial charge in [-0.25, -0.2) is 35.1 Å². The van der Waals surface area contributed by atoms with Crippen LogP contribution in [0.1, 0.15) is 44.5 Å². The quantitative estimate of drug-likeness (QED) is 0.129. The molecule has 21 rings (SSSR count). The minimum atomic E-state index is -1.60. The maximum atomic E-state index is 15.8. The highest BCUT2D eigenvalue weighted by molar-refractivity contribution is 7.00. The summed E-state index contributed by atoms with van der Waals surface area (Å²) in [6.45, 7) is 0. The molecule has 12 bridgehead atoms. The van der Waals surface area contributed by atoms with E-state index in [1.54, 1.807) is 54.6 Å². The van der Waals surface area contributed by atoms with Crippen LogP contribution < -0.4 is 9.47 Å². The lowest BCUT2D eigenvalue weighted by atomic mass is 9.93. The van der Waals surface area contributed by atoms with E-state index in [1.807, 2.05) is 0 Å². The van der Waals surface area contributed by atoms with Crippen LogP contribution in [-0.4, -0.2) is 23.0 Å². The van der Waals surface area contributed by atoms with Gasteiger partial charge in [0.05, 0.1) is 37.1 Å². The lowest BCUT2D eigenvalue weighted by Crippen LogP contribution is -2.07. The lowest BCUT2D eigenvalue weighted by Gasteiger charge is -2.14. The van der Waals surface area contributed by atoms with E-state index in [9.17, 15) is 0 Å².